The minimum atomic E-state index is 0.0123. The van der Waals surface area contributed by atoms with Crippen molar-refractivity contribution in [2.24, 2.45) is 5.92 Å². The van der Waals surface area contributed by atoms with Crippen LogP contribution in [0.3, 0.4) is 0 Å². The number of benzene rings is 2. The minimum absolute atomic E-state index is 0.0123. The third kappa shape index (κ3) is 5.12. The molecule has 1 amide bonds. The molecule has 1 N–H and O–H groups in total. The van der Waals surface area contributed by atoms with Gasteiger partial charge in [0, 0.05) is 20.4 Å². The molecule has 1 aliphatic heterocycles. The van der Waals surface area contributed by atoms with Crippen LogP contribution in [0.2, 0.25) is 0 Å². The number of para-hydroxylation sites is 1. The summed E-state index contributed by atoms with van der Waals surface area (Å²) in [5.74, 6) is 1.27. The zero-order valence-electron chi connectivity index (χ0n) is 15.6. The van der Waals surface area contributed by atoms with E-state index < -0.39 is 0 Å². The second-order valence-corrected chi connectivity index (χ2v) is 8.81. The number of amides is 1. The van der Waals surface area contributed by atoms with Crippen molar-refractivity contribution in [1.82, 2.24) is 15.0 Å². The first-order valence-corrected chi connectivity index (χ1v) is 11.0. The highest BCUT2D eigenvalue weighted by molar-refractivity contribution is 9.10. The van der Waals surface area contributed by atoms with Gasteiger partial charge in [-0.15, -0.1) is 0 Å². The Kier molecular flexibility index (Phi) is 6.42. The summed E-state index contributed by atoms with van der Waals surface area (Å²) >= 11 is 6.93. The molecule has 1 aliphatic rings. The van der Waals surface area contributed by atoms with Gasteiger partial charge in [-0.1, -0.05) is 45.4 Å². The fraction of sp³-hybridized carbons (Fsp3) is 0.286. The summed E-state index contributed by atoms with van der Waals surface area (Å²) in [5.41, 5.74) is 1.72. The van der Waals surface area contributed by atoms with Gasteiger partial charge in [-0.05, 0) is 66.1 Å². The maximum atomic E-state index is 12.6. The number of likely N-dealkylation sites (tertiary alicyclic amines) is 1. The van der Waals surface area contributed by atoms with E-state index in [9.17, 15) is 4.79 Å². The lowest BCUT2D eigenvalue weighted by atomic mass is 9.96. The molecule has 4 rings (SSSR count). The summed E-state index contributed by atoms with van der Waals surface area (Å²) < 4.78 is 7.29. The molecule has 3 aromatic rings. The molecule has 6 nitrogen and oxygen atoms in total. The summed E-state index contributed by atoms with van der Waals surface area (Å²) in [6.45, 7) is 2.24. The quantitative estimate of drug-likeness (QED) is 0.507. The maximum Gasteiger partial charge on any atom is 0.241 e. The number of halogens is 2. The SMILES string of the molecule is O=C(Nc1ccccc1Br)C1CCN(Cc2nc(-c3cccc(Br)c3)no2)CC1. The Morgan fingerprint density at radius 2 is 1.93 bits per heavy atom. The zero-order chi connectivity index (χ0) is 20.2. The number of rotatable bonds is 5. The normalized spacial score (nSPS) is 15.4. The van der Waals surface area contributed by atoms with Crippen molar-refractivity contribution in [2.45, 2.75) is 19.4 Å². The molecule has 1 saturated heterocycles. The third-order valence-corrected chi connectivity index (χ3v) is 6.18. The summed E-state index contributed by atoms with van der Waals surface area (Å²) in [4.78, 5) is 19.3. The molecule has 0 bridgehead atoms. The highest BCUT2D eigenvalue weighted by Crippen LogP contribution is 2.25. The molecular formula is C21H20Br2N4O2. The summed E-state index contributed by atoms with van der Waals surface area (Å²) in [6.07, 6.45) is 1.62. The van der Waals surface area contributed by atoms with Gasteiger partial charge in [0.1, 0.15) is 0 Å². The van der Waals surface area contributed by atoms with Gasteiger partial charge in [0.2, 0.25) is 17.6 Å². The Labute approximate surface area is 185 Å². The molecule has 2 heterocycles. The lowest BCUT2D eigenvalue weighted by Crippen LogP contribution is -2.37. The molecule has 1 fully saturated rings. The van der Waals surface area contributed by atoms with Crippen LogP contribution in [-0.4, -0.2) is 34.0 Å². The van der Waals surface area contributed by atoms with E-state index in [4.69, 9.17) is 4.52 Å². The second kappa shape index (κ2) is 9.19. The molecule has 29 heavy (non-hydrogen) atoms. The number of anilines is 1. The summed E-state index contributed by atoms with van der Waals surface area (Å²) in [5, 5.41) is 7.11. The van der Waals surface area contributed by atoms with Crippen LogP contribution in [-0.2, 0) is 11.3 Å². The number of nitrogens with one attached hydrogen (secondary N) is 1. The van der Waals surface area contributed by atoms with Gasteiger partial charge in [-0.3, -0.25) is 9.69 Å². The first kappa shape index (κ1) is 20.3. The summed E-state index contributed by atoms with van der Waals surface area (Å²) in [6, 6.07) is 15.5. The number of carbonyl (C=O) groups excluding carboxylic acids is 1. The molecule has 0 aliphatic carbocycles. The molecule has 0 unspecified atom stereocenters. The molecule has 1 aromatic heterocycles. The number of nitrogens with zero attached hydrogens (tertiary/aromatic N) is 3. The van der Waals surface area contributed by atoms with Crippen LogP contribution >= 0.6 is 31.9 Å². The minimum Gasteiger partial charge on any atom is -0.338 e. The first-order valence-electron chi connectivity index (χ1n) is 9.45. The van der Waals surface area contributed by atoms with Gasteiger partial charge in [0.25, 0.3) is 0 Å². The van der Waals surface area contributed by atoms with Gasteiger partial charge in [-0.2, -0.15) is 4.98 Å². The van der Waals surface area contributed by atoms with E-state index in [1.807, 2.05) is 48.5 Å². The van der Waals surface area contributed by atoms with Crippen LogP contribution in [0.4, 0.5) is 5.69 Å². The highest BCUT2D eigenvalue weighted by Gasteiger charge is 2.26. The van der Waals surface area contributed by atoms with Crippen LogP contribution in [0.5, 0.6) is 0 Å². The number of aromatic nitrogens is 2. The molecule has 0 atom stereocenters. The number of hydrogen-bond acceptors (Lipinski definition) is 5. The smallest absolute Gasteiger partial charge is 0.241 e. The van der Waals surface area contributed by atoms with Crippen LogP contribution in [0.1, 0.15) is 18.7 Å². The Hall–Kier alpha value is -2.03. The van der Waals surface area contributed by atoms with Gasteiger partial charge in [-0.25, -0.2) is 0 Å². The van der Waals surface area contributed by atoms with Crippen molar-refractivity contribution >= 4 is 43.5 Å². The number of piperidine rings is 1. The summed E-state index contributed by atoms with van der Waals surface area (Å²) in [7, 11) is 0. The Bertz CT molecular complexity index is 1000. The van der Waals surface area contributed by atoms with E-state index >= 15 is 0 Å². The van der Waals surface area contributed by atoms with Crippen LogP contribution in [0.15, 0.2) is 62.0 Å². The van der Waals surface area contributed by atoms with Crippen molar-refractivity contribution in [3.63, 3.8) is 0 Å². The average molecular weight is 520 g/mol. The van der Waals surface area contributed by atoms with Crippen LogP contribution in [0.25, 0.3) is 11.4 Å². The predicted molar refractivity (Wildman–Crippen MR) is 118 cm³/mol. The van der Waals surface area contributed by atoms with Crippen molar-refractivity contribution in [2.75, 3.05) is 18.4 Å². The average Bonchev–Trinajstić information content (AvgIpc) is 3.19. The highest BCUT2D eigenvalue weighted by atomic mass is 79.9. The van der Waals surface area contributed by atoms with Crippen molar-refractivity contribution in [1.29, 1.82) is 0 Å². The fourth-order valence-corrected chi connectivity index (χ4v) is 4.19. The fourth-order valence-electron chi connectivity index (χ4n) is 3.41. The first-order chi connectivity index (χ1) is 14.1. The van der Waals surface area contributed by atoms with E-state index in [1.54, 1.807) is 0 Å². The number of hydrogen-bond donors (Lipinski definition) is 1. The van der Waals surface area contributed by atoms with Gasteiger partial charge in [0.05, 0.1) is 12.2 Å². The molecule has 8 heteroatoms. The lowest BCUT2D eigenvalue weighted by molar-refractivity contribution is -0.121. The molecule has 0 saturated carbocycles. The van der Waals surface area contributed by atoms with E-state index in [2.05, 4.69) is 52.2 Å². The van der Waals surface area contributed by atoms with E-state index in [-0.39, 0.29) is 11.8 Å². The third-order valence-electron chi connectivity index (χ3n) is 5.00. The van der Waals surface area contributed by atoms with Gasteiger partial charge < -0.3 is 9.84 Å². The van der Waals surface area contributed by atoms with E-state index in [1.165, 1.54) is 0 Å². The Morgan fingerprint density at radius 1 is 1.14 bits per heavy atom. The van der Waals surface area contributed by atoms with Crippen molar-refractivity contribution in [3.8, 4) is 11.4 Å². The molecule has 0 spiro atoms. The largest absolute Gasteiger partial charge is 0.338 e. The Balaban J connectivity index is 1.30. The Morgan fingerprint density at radius 3 is 2.69 bits per heavy atom. The van der Waals surface area contributed by atoms with Crippen LogP contribution in [0, 0.1) is 5.92 Å². The maximum absolute atomic E-state index is 12.6. The second-order valence-electron chi connectivity index (χ2n) is 7.04. The molecule has 150 valence electrons. The van der Waals surface area contributed by atoms with E-state index in [0.717, 1.165) is 46.1 Å². The van der Waals surface area contributed by atoms with Gasteiger partial charge >= 0.3 is 0 Å². The van der Waals surface area contributed by atoms with Crippen molar-refractivity contribution < 1.29 is 9.32 Å². The van der Waals surface area contributed by atoms with Crippen LogP contribution < -0.4 is 5.32 Å². The molecule has 0 radical (unpaired) electrons. The molecule has 2 aromatic carbocycles. The predicted octanol–water partition coefficient (Wildman–Crippen LogP) is 5.11. The topological polar surface area (TPSA) is 71.3 Å². The standard InChI is InChI=1S/C21H20Br2N4O2/c22-16-5-3-4-15(12-16)20-25-19(29-26-20)13-27-10-8-14(9-11-27)21(28)24-18-7-2-1-6-17(18)23/h1-7,12,14H,8-11,13H2,(H,24,28). The number of carbonyl (C=O) groups is 1. The lowest BCUT2D eigenvalue weighted by Gasteiger charge is -2.30. The zero-order valence-corrected chi connectivity index (χ0v) is 18.8. The van der Waals surface area contributed by atoms with Gasteiger partial charge in [0.15, 0.2) is 0 Å². The monoisotopic (exact) mass is 518 g/mol. The molecular weight excluding hydrogens is 500 g/mol. The van der Waals surface area contributed by atoms with E-state index in [0.29, 0.717) is 18.3 Å². The van der Waals surface area contributed by atoms with Crippen molar-refractivity contribution in [3.05, 3.63) is 63.4 Å².